The second-order valence-corrected chi connectivity index (χ2v) is 5.30. The van der Waals surface area contributed by atoms with Crippen LogP contribution in [-0.4, -0.2) is 33.5 Å². The van der Waals surface area contributed by atoms with Crippen molar-refractivity contribution < 1.29 is 9.90 Å². The molecule has 0 saturated carbocycles. The van der Waals surface area contributed by atoms with Crippen molar-refractivity contribution in [2.45, 2.75) is 24.9 Å². The van der Waals surface area contributed by atoms with Crippen molar-refractivity contribution in [3.63, 3.8) is 0 Å². The van der Waals surface area contributed by atoms with E-state index in [-0.39, 0.29) is 6.04 Å². The molecular formula is C17H18N2O2. The first-order valence-electron chi connectivity index (χ1n) is 7.22. The third-order valence-corrected chi connectivity index (χ3v) is 3.99. The average Bonchev–Trinajstić information content (AvgIpc) is 2.99. The number of aliphatic carboxylic acids is 1. The van der Waals surface area contributed by atoms with E-state index in [0.717, 1.165) is 24.2 Å². The summed E-state index contributed by atoms with van der Waals surface area (Å²) in [6.07, 6.45) is 3.37. The molecule has 4 nitrogen and oxygen atoms in total. The van der Waals surface area contributed by atoms with Crippen LogP contribution in [0.5, 0.6) is 0 Å². The minimum Gasteiger partial charge on any atom is -0.480 e. The number of hydrogen-bond donors (Lipinski definition) is 1. The topological polar surface area (TPSA) is 53.4 Å². The van der Waals surface area contributed by atoms with E-state index < -0.39 is 12.0 Å². The summed E-state index contributed by atoms with van der Waals surface area (Å²) in [5.74, 6) is -0.746. The first-order chi connectivity index (χ1) is 10.3. The Balaban J connectivity index is 2.03. The predicted octanol–water partition coefficient (Wildman–Crippen LogP) is 2.72. The summed E-state index contributed by atoms with van der Waals surface area (Å²) in [5.41, 5.74) is 1.99. The van der Waals surface area contributed by atoms with Crippen LogP contribution in [0.3, 0.4) is 0 Å². The molecular weight excluding hydrogens is 264 g/mol. The molecule has 2 aromatic rings. The van der Waals surface area contributed by atoms with Crippen LogP contribution in [0.4, 0.5) is 0 Å². The largest absolute Gasteiger partial charge is 0.480 e. The minimum absolute atomic E-state index is 0.101. The fourth-order valence-electron chi connectivity index (χ4n) is 3.07. The minimum atomic E-state index is -0.746. The van der Waals surface area contributed by atoms with Gasteiger partial charge in [0.1, 0.15) is 6.04 Å². The van der Waals surface area contributed by atoms with Crippen molar-refractivity contribution in [1.29, 1.82) is 0 Å². The van der Waals surface area contributed by atoms with Gasteiger partial charge in [-0.2, -0.15) is 0 Å². The van der Waals surface area contributed by atoms with E-state index in [0.29, 0.717) is 6.42 Å². The number of hydrogen-bond acceptors (Lipinski definition) is 3. The molecule has 21 heavy (non-hydrogen) atoms. The first-order valence-corrected chi connectivity index (χ1v) is 7.22. The molecule has 0 amide bonds. The Morgan fingerprint density at radius 1 is 1.19 bits per heavy atom. The molecule has 1 N–H and O–H groups in total. The van der Waals surface area contributed by atoms with Crippen LogP contribution in [0.1, 0.15) is 30.1 Å². The highest BCUT2D eigenvalue weighted by molar-refractivity contribution is 5.74. The van der Waals surface area contributed by atoms with Crippen LogP contribution >= 0.6 is 0 Å². The summed E-state index contributed by atoms with van der Waals surface area (Å²) < 4.78 is 0. The van der Waals surface area contributed by atoms with Gasteiger partial charge in [0.05, 0.1) is 11.7 Å². The summed E-state index contributed by atoms with van der Waals surface area (Å²) in [6.45, 7) is 0.785. The highest BCUT2D eigenvalue weighted by Gasteiger charge is 2.37. The average molecular weight is 282 g/mol. The van der Waals surface area contributed by atoms with Gasteiger partial charge in [0, 0.05) is 12.7 Å². The monoisotopic (exact) mass is 282 g/mol. The van der Waals surface area contributed by atoms with Crippen molar-refractivity contribution in [3.8, 4) is 0 Å². The maximum absolute atomic E-state index is 11.5. The molecule has 2 heterocycles. The summed E-state index contributed by atoms with van der Waals surface area (Å²) >= 11 is 0. The Morgan fingerprint density at radius 3 is 2.62 bits per heavy atom. The number of benzene rings is 1. The number of carboxylic acids is 1. The van der Waals surface area contributed by atoms with E-state index in [1.54, 1.807) is 6.20 Å². The molecule has 0 radical (unpaired) electrons. The van der Waals surface area contributed by atoms with Crippen molar-refractivity contribution in [1.82, 2.24) is 9.88 Å². The SMILES string of the molecule is O=C(O)C1CCCN1C(c1ccccc1)c1ccccn1. The van der Waals surface area contributed by atoms with E-state index in [1.165, 1.54) is 0 Å². The summed E-state index contributed by atoms with van der Waals surface area (Å²) in [7, 11) is 0. The van der Waals surface area contributed by atoms with Gasteiger partial charge in [-0.05, 0) is 30.5 Å². The highest BCUT2D eigenvalue weighted by atomic mass is 16.4. The van der Waals surface area contributed by atoms with E-state index in [9.17, 15) is 9.90 Å². The Kier molecular flexibility index (Phi) is 3.97. The summed E-state index contributed by atoms with van der Waals surface area (Å²) in [4.78, 5) is 18.0. The molecule has 0 bridgehead atoms. The van der Waals surface area contributed by atoms with Crippen molar-refractivity contribution >= 4 is 5.97 Å². The zero-order valence-corrected chi connectivity index (χ0v) is 11.7. The number of pyridine rings is 1. The van der Waals surface area contributed by atoms with E-state index >= 15 is 0 Å². The fourth-order valence-corrected chi connectivity index (χ4v) is 3.07. The number of aromatic nitrogens is 1. The number of nitrogens with zero attached hydrogens (tertiary/aromatic N) is 2. The third kappa shape index (κ3) is 2.81. The standard InChI is InChI=1S/C17H18N2O2/c20-17(21)15-10-6-12-19(15)16(13-7-2-1-3-8-13)14-9-4-5-11-18-14/h1-5,7-9,11,15-16H,6,10,12H2,(H,20,21). The molecule has 108 valence electrons. The van der Waals surface area contributed by atoms with E-state index in [1.807, 2.05) is 48.5 Å². The zero-order chi connectivity index (χ0) is 14.7. The Bertz CT molecular complexity index is 561. The maximum atomic E-state index is 11.5. The Labute approximate surface area is 124 Å². The number of likely N-dealkylation sites (tertiary alicyclic amines) is 1. The summed E-state index contributed by atoms with van der Waals surface area (Å²) in [6, 6.07) is 15.3. The Morgan fingerprint density at radius 2 is 1.95 bits per heavy atom. The highest BCUT2D eigenvalue weighted by Crippen LogP contribution is 2.33. The Hall–Kier alpha value is -2.20. The van der Waals surface area contributed by atoms with Gasteiger partial charge in [0.25, 0.3) is 0 Å². The third-order valence-electron chi connectivity index (χ3n) is 3.99. The van der Waals surface area contributed by atoms with Gasteiger partial charge in [-0.1, -0.05) is 36.4 Å². The van der Waals surface area contributed by atoms with Gasteiger partial charge in [-0.3, -0.25) is 14.7 Å². The van der Waals surface area contributed by atoms with Crippen molar-refractivity contribution in [2.75, 3.05) is 6.54 Å². The molecule has 1 saturated heterocycles. The lowest BCUT2D eigenvalue weighted by Gasteiger charge is -2.31. The van der Waals surface area contributed by atoms with Gasteiger partial charge in [0.15, 0.2) is 0 Å². The molecule has 1 aromatic carbocycles. The molecule has 1 aromatic heterocycles. The lowest BCUT2D eigenvalue weighted by atomic mass is 10.0. The second-order valence-electron chi connectivity index (χ2n) is 5.30. The second kappa shape index (κ2) is 6.06. The van der Waals surface area contributed by atoms with Gasteiger partial charge in [-0.25, -0.2) is 0 Å². The first kappa shape index (κ1) is 13.8. The smallest absolute Gasteiger partial charge is 0.320 e. The van der Waals surface area contributed by atoms with E-state index in [4.69, 9.17) is 0 Å². The predicted molar refractivity (Wildman–Crippen MR) is 79.9 cm³/mol. The molecule has 0 aliphatic carbocycles. The van der Waals surface area contributed by atoms with Crippen LogP contribution in [-0.2, 0) is 4.79 Å². The molecule has 1 aliphatic heterocycles. The van der Waals surface area contributed by atoms with E-state index in [2.05, 4.69) is 9.88 Å². The maximum Gasteiger partial charge on any atom is 0.320 e. The fraction of sp³-hybridized carbons (Fsp3) is 0.294. The molecule has 4 heteroatoms. The zero-order valence-electron chi connectivity index (χ0n) is 11.7. The molecule has 1 aliphatic rings. The molecule has 0 spiro atoms. The lowest BCUT2D eigenvalue weighted by Crippen LogP contribution is -2.39. The van der Waals surface area contributed by atoms with Crippen LogP contribution in [0, 0.1) is 0 Å². The van der Waals surface area contributed by atoms with Crippen LogP contribution < -0.4 is 0 Å². The normalized spacial score (nSPS) is 20.3. The van der Waals surface area contributed by atoms with Gasteiger partial charge < -0.3 is 5.11 Å². The van der Waals surface area contributed by atoms with Crippen LogP contribution in [0.2, 0.25) is 0 Å². The van der Waals surface area contributed by atoms with Gasteiger partial charge in [0.2, 0.25) is 0 Å². The number of rotatable bonds is 4. The number of carboxylic acid groups (broad SMARTS) is 1. The molecule has 1 fully saturated rings. The molecule has 3 rings (SSSR count). The van der Waals surface area contributed by atoms with Crippen molar-refractivity contribution in [3.05, 3.63) is 66.0 Å². The lowest BCUT2D eigenvalue weighted by molar-refractivity contribution is -0.142. The quantitative estimate of drug-likeness (QED) is 0.937. The summed E-state index contributed by atoms with van der Waals surface area (Å²) in [5, 5.41) is 9.46. The van der Waals surface area contributed by atoms with Gasteiger partial charge >= 0.3 is 5.97 Å². The van der Waals surface area contributed by atoms with Crippen LogP contribution in [0.25, 0.3) is 0 Å². The van der Waals surface area contributed by atoms with Crippen molar-refractivity contribution in [2.24, 2.45) is 0 Å². The number of carbonyl (C=O) groups is 1. The van der Waals surface area contributed by atoms with Crippen LogP contribution in [0.15, 0.2) is 54.7 Å². The molecule has 2 atom stereocenters. The molecule has 2 unspecified atom stereocenters. The van der Waals surface area contributed by atoms with Gasteiger partial charge in [-0.15, -0.1) is 0 Å².